The largest absolute Gasteiger partial charge is 0.480 e. The molecule has 0 radical (unpaired) electrons. The molecular weight excluding hydrogens is 266 g/mol. The summed E-state index contributed by atoms with van der Waals surface area (Å²) in [5.41, 5.74) is 0.392. The molecule has 1 amide bonds. The van der Waals surface area contributed by atoms with Crippen molar-refractivity contribution in [2.75, 3.05) is 0 Å². The van der Waals surface area contributed by atoms with Crippen molar-refractivity contribution >= 4 is 11.9 Å². The summed E-state index contributed by atoms with van der Waals surface area (Å²) in [5.74, 6) is -1.26. The van der Waals surface area contributed by atoms with Crippen molar-refractivity contribution in [3.8, 4) is 0 Å². The number of nitrogens with one attached hydrogen (secondary N) is 1. The molecule has 0 spiro atoms. The molecule has 0 aliphatic heterocycles. The molecule has 2 N–H and O–H groups in total. The van der Waals surface area contributed by atoms with Gasteiger partial charge in [0.25, 0.3) is 0 Å². The maximum absolute atomic E-state index is 12.3. The van der Waals surface area contributed by atoms with E-state index in [1.807, 2.05) is 51.1 Å². The molecule has 114 valence electrons. The van der Waals surface area contributed by atoms with Gasteiger partial charge in [-0.05, 0) is 25.3 Å². The maximum atomic E-state index is 12.3. The number of carboxylic acid groups (broad SMARTS) is 1. The Balaban J connectivity index is 2.73. The van der Waals surface area contributed by atoms with Crippen LogP contribution in [0.2, 0.25) is 0 Å². The third-order valence-corrected chi connectivity index (χ3v) is 3.31. The average Bonchev–Trinajstić information content (AvgIpc) is 2.43. The molecule has 0 saturated carbocycles. The van der Waals surface area contributed by atoms with E-state index in [1.165, 1.54) is 0 Å². The third-order valence-electron chi connectivity index (χ3n) is 3.31. The molecule has 0 heterocycles. The summed E-state index contributed by atoms with van der Waals surface area (Å²) < 4.78 is 0. The van der Waals surface area contributed by atoms with Crippen LogP contribution in [0.15, 0.2) is 42.5 Å². The molecule has 0 bridgehead atoms. The van der Waals surface area contributed by atoms with Crippen molar-refractivity contribution < 1.29 is 14.7 Å². The van der Waals surface area contributed by atoms with Crippen molar-refractivity contribution in [1.82, 2.24) is 5.32 Å². The summed E-state index contributed by atoms with van der Waals surface area (Å²) >= 11 is 0. The van der Waals surface area contributed by atoms with E-state index in [0.29, 0.717) is 12.8 Å². The highest BCUT2D eigenvalue weighted by atomic mass is 16.4. The number of amides is 1. The predicted octanol–water partition coefficient (Wildman–Crippen LogP) is 2.79. The molecule has 0 fully saturated rings. The van der Waals surface area contributed by atoms with Gasteiger partial charge in [0.1, 0.15) is 6.04 Å². The molecule has 21 heavy (non-hydrogen) atoms. The Morgan fingerprint density at radius 1 is 1.29 bits per heavy atom. The van der Waals surface area contributed by atoms with Crippen LogP contribution in [0.4, 0.5) is 0 Å². The fourth-order valence-electron chi connectivity index (χ4n) is 2.03. The first-order chi connectivity index (χ1) is 9.86. The number of benzene rings is 1. The molecule has 0 aromatic heterocycles. The average molecular weight is 289 g/mol. The number of carbonyl (C=O) groups excluding carboxylic acids is 1. The second kappa shape index (κ2) is 7.62. The minimum Gasteiger partial charge on any atom is -0.480 e. The standard InChI is InChI=1S/C17H23NO3/c1-4-5-11-14(15(19)20)18-16(21)17(2,3)12-13-9-7-6-8-10-13/h4-10,14H,11-12H2,1-3H3,(H,18,21)(H,19,20)/b5-4+. The van der Waals surface area contributed by atoms with Crippen LogP contribution in [-0.2, 0) is 16.0 Å². The lowest BCUT2D eigenvalue weighted by Crippen LogP contribution is -2.47. The Hall–Kier alpha value is -2.10. The van der Waals surface area contributed by atoms with E-state index in [-0.39, 0.29) is 5.91 Å². The smallest absolute Gasteiger partial charge is 0.326 e. The van der Waals surface area contributed by atoms with Crippen molar-refractivity contribution in [3.05, 3.63) is 48.0 Å². The lowest BCUT2D eigenvalue weighted by molar-refractivity contribution is -0.143. The molecule has 1 atom stereocenters. The van der Waals surface area contributed by atoms with Crippen LogP contribution in [0, 0.1) is 5.41 Å². The van der Waals surface area contributed by atoms with Crippen LogP contribution in [0.1, 0.15) is 32.8 Å². The Morgan fingerprint density at radius 3 is 2.43 bits per heavy atom. The first-order valence-corrected chi connectivity index (χ1v) is 7.05. The van der Waals surface area contributed by atoms with Gasteiger partial charge in [-0.25, -0.2) is 4.79 Å². The summed E-state index contributed by atoms with van der Waals surface area (Å²) in [6, 6.07) is 8.81. The normalized spacial score (nSPS) is 13.1. The first kappa shape index (κ1) is 17.0. The van der Waals surface area contributed by atoms with Crippen molar-refractivity contribution in [3.63, 3.8) is 0 Å². The SMILES string of the molecule is C/C=C/CC(NC(=O)C(C)(C)Cc1ccccc1)C(=O)O. The van der Waals surface area contributed by atoms with Gasteiger partial charge < -0.3 is 10.4 Å². The van der Waals surface area contributed by atoms with Crippen molar-refractivity contribution in [2.45, 2.75) is 39.7 Å². The van der Waals surface area contributed by atoms with Crippen LogP contribution in [0.25, 0.3) is 0 Å². The molecule has 1 rings (SSSR count). The lowest BCUT2D eigenvalue weighted by Gasteiger charge is -2.25. The Morgan fingerprint density at radius 2 is 1.90 bits per heavy atom. The highest BCUT2D eigenvalue weighted by molar-refractivity contribution is 5.87. The van der Waals surface area contributed by atoms with Crippen LogP contribution in [-0.4, -0.2) is 23.0 Å². The van der Waals surface area contributed by atoms with E-state index in [0.717, 1.165) is 5.56 Å². The second-order valence-corrected chi connectivity index (χ2v) is 5.72. The van der Waals surface area contributed by atoms with E-state index < -0.39 is 17.4 Å². The monoisotopic (exact) mass is 289 g/mol. The fraction of sp³-hybridized carbons (Fsp3) is 0.412. The zero-order chi connectivity index (χ0) is 15.9. The highest BCUT2D eigenvalue weighted by Crippen LogP contribution is 2.22. The van der Waals surface area contributed by atoms with Gasteiger partial charge in [0.05, 0.1) is 0 Å². The summed E-state index contributed by atoms with van der Waals surface area (Å²) in [4.78, 5) is 23.5. The van der Waals surface area contributed by atoms with Gasteiger partial charge in [0, 0.05) is 5.41 Å². The van der Waals surface area contributed by atoms with E-state index in [4.69, 9.17) is 5.11 Å². The summed E-state index contributed by atoms with van der Waals surface area (Å²) in [6.07, 6.45) is 4.37. The first-order valence-electron chi connectivity index (χ1n) is 7.05. The van der Waals surface area contributed by atoms with Gasteiger partial charge in [-0.1, -0.05) is 56.3 Å². The lowest BCUT2D eigenvalue weighted by atomic mass is 9.84. The van der Waals surface area contributed by atoms with Gasteiger partial charge in [-0.15, -0.1) is 0 Å². The molecule has 0 aliphatic carbocycles. The summed E-state index contributed by atoms with van der Waals surface area (Å²) in [5, 5.41) is 11.8. The Bertz CT molecular complexity index is 506. The minimum absolute atomic E-state index is 0.247. The van der Waals surface area contributed by atoms with Crippen LogP contribution >= 0.6 is 0 Å². The molecule has 1 aromatic carbocycles. The van der Waals surface area contributed by atoms with Gasteiger partial charge >= 0.3 is 5.97 Å². The summed E-state index contributed by atoms with van der Waals surface area (Å²) in [6.45, 7) is 5.47. The van der Waals surface area contributed by atoms with Gasteiger partial charge in [0.15, 0.2) is 0 Å². The number of hydrogen-bond acceptors (Lipinski definition) is 2. The third kappa shape index (κ3) is 5.42. The second-order valence-electron chi connectivity index (χ2n) is 5.72. The van der Waals surface area contributed by atoms with Crippen molar-refractivity contribution in [2.24, 2.45) is 5.41 Å². The van der Waals surface area contributed by atoms with Gasteiger partial charge in [-0.3, -0.25) is 4.79 Å². The quantitative estimate of drug-likeness (QED) is 0.759. The number of rotatable bonds is 7. The number of carboxylic acids is 1. The highest BCUT2D eigenvalue weighted by Gasteiger charge is 2.31. The molecule has 0 saturated heterocycles. The molecule has 4 nitrogen and oxygen atoms in total. The number of hydrogen-bond donors (Lipinski definition) is 2. The minimum atomic E-state index is -1.02. The topological polar surface area (TPSA) is 66.4 Å². The van der Waals surface area contributed by atoms with Crippen LogP contribution < -0.4 is 5.32 Å². The number of aliphatic carboxylic acids is 1. The predicted molar refractivity (Wildman–Crippen MR) is 82.9 cm³/mol. The molecular formula is C17H23NO3. The van der Waals surface area contributed by atoms with Crippen LogP contribution in [0.5, 0.6) is 0 Å². The van der Waals surface area contributed by atoms with E-state index in [1.54, 1.807) is 12.2 Å². The number of carbonyl (C=O) groups is 2. The zero-order valence-electron chi connectivity index (χ0n) is 12.8. The van der Waals surface area contributed by atoms with Crippen LogP contribution in [0.3, 0.4) is 0 Å². The molecule has 1 aromatic rings. The molecule has 4 heteroatoms. The van der Waals surface area contributed by atoms with Gasteiger partial charge in [0.2, 0.25) is 5.91 Å². The zero-order valence-corrected chi connectivity index (χ0v) is 12.8. The van der Waals surface area contributed by atoms with E-state index >= 15 is 0 Å². The molecule has 1 unspecified atom stereocenters. The van der Waals surface area contributed by atoms with Crippen molar-refractivity contribution in [1.29, 1.82) is 0 Å². The fourth-order valence-corrected chi connectivity index (χ4v) is 2.03. The number of allylic oxidation sites excluding steroid dienone is 1. The van der Waals surface area contributed by atoms with Gasteiger partial charge in [-0.2, -0.15) is 0 Å². The Labute approximate surface area is 125 Å². The Kier molecular flexibility index (Phi) is 6.15. The van der Waals surface area contributed by atoms with E-state index in [9.17, 15) is 9.59 Å². The van der Waals surface area contributed by atoms with E-state index in [2.05, 4.69) is 5.32 Å². The summed E-state index contributed by atoms with van der Waals surface area (Å²) in [7, 11) is 0. The maximum Gasteiger partial charge on any atom is 0.326 e. The molecule has 0 aliphatic rings.